The maximum Gasteiger partial charge on any atom is 0.161 e. The monoisotopic (exact) mass is 425 g/mol. The van der Waals surface area contributed by atoms with Crippen molar-refractivity contribution in [3.63, 3.8) is 0 Å². The molecule has 2 aromatic carbocycles. The zero-order valence-corrected chi connectivity index (χ0v) is 18.5. The number of nitrogens with one attached hydrogen (secondary N) is 1. The Morgan fingerprint density at radius 2 is 1.50 bits per heavy atom. The van der Waals surface area contributed by atoms with Crippen molar-refractivity contribution in [1.29, 1.82) is 0 Å². The highest BCUT2D eigenvalue weighted by molar-refractivity contribution is 6.30. The van der Waals surface area contributed by atoms with Crippen molar-refractivity contribution < 1.29 is 9.47 Å². The Bertz CT molecular complexity index is 838. The average molecular weight is 426 g/mol. The second kappa shape index (κ2) is 8.80. The molecule has 1 N–H and O–H groups in total. The van der Waals surface area contributed by atoms with Crippen molar-refractivity contribution >= 4 is 11.6 Å². The fourth-order valence-corrected chi connectivity index (χ4v) is 6.41. The molecule has 0 radical (unpaired) electrons. The average Bonchev–Trinajstić information content (AvgIpc) is 2.73. The lowest BCUT2D eigenvalue weighted by Crippen LogP contribution is -2.54. The molecule has 30 heavy (non-hydrogen) atoms. The van der Waals surface area contributed by atoms with Crippen LogP contribution in [-0.2, 0) is 13.2 Å². The lowest BCUT2D eigenvalue weighted by molar-refractivity contribution is -0.0142. The van der Waals surface area contributed by atoms with Crippen LogP contribution in [0, 0.1) is 23.7 Å². The number of ether oxygens (including phenoxy) is 2. The fourth-order valence-electron chi connectivity index (χ4n) is 6.29. The van der Waals surface area contributed by atoms with Crippen LogP contribution in [-0.4, -0.2) is 12.6 Å². The van der Waals surface area contributed by atoms with Gasteiger partial charge in [-0.15, -0.1) is 0 Å². The highest BCUT2D eigenvalue weighted by Gasteiger charge is 2.47. The molecule has 0 spiro atoms. The summed E-state index contributed by atoms with van der Waals surface area (Å²) in [7, 11) is 0. The second-order valence-electron chi connectivity index (χ2n) is 9.47. The molecule has 0 saturated heterocycles. The third-order valence-corrected chi connectivity index (χ3v) is 7.64. The molecule has 2 aromatic rings. The number of benzene rings is 2. The van der Waals surface area contributed by atoms with Crippen LogP contribution < -0.4 is 14.8 Å². The van der Waals surface area contributed by atoms with Crippen LogP contribution >= 0.6 is 11.6 Å². The van der Waals surface area contributed by atoms with E-state index in [0.717, 1.165) is 52.3 Å². The van der Waals surface area contributed by atoms with Crippen LogP contribution in [0.2, 0.25) is 5.02 Å². The quantitative estimate of drug-likeness (QED) is 0.543. The summed E-state index contributed by atoms with van der Waals surface area (Å²) in [4.78, 5) is 0. The minimum absolute atomic E-state index is 0.503. The highest BCUT2D eigenvalue weighted by Crippen LogP contribution is 2.53. The molecule has 4 fully saturated rings. The molecule has 0 aliphatic heterocycles. The van der Waals surface area contributed by atoms with Gasteiger partial charge >= 0.3 is 0 Å². The molecule has 0 aromatic heterocycles. The van der Waals surface area contributed by atoms with E-state index in [1.54, 1.807) is 0 Å². The van der Waals surface area contributed by atoms with Crippen molar-refractivity contribution in [2.45, 2.75) is 58.2 Å². The number of hydrogen-bond donors (Lipinski definition) is 1. The molecule has 4 aliphatic carbocycles. The van der Waals surface area contributed by atoms with Gasteiger partial charge in [0.05, 0.1) is 6.61 Å². The molecule has 4 heteroatoms. The summed E-state index contributed by atoms with van der Waals surface area (Å²) in [6.45, 7) is 4.05. The predicted molar refractivity (Wildman–Crippen MR) is 121 cm³/mol. The van der Waals surface area contributed by atoms with E-state index in [1.807, 2.05) is 31.2 Å². The van der Waals surface area contributed by atoms with Crippen LogP contribution in [0.1, 0.15) is 50.2 Å². The molecule has 0 heterocycles. The molecule has 3 nitrogen and oxygen atoms in total. The summed E-state index contributed by atoms with van der Waals surface area (Å²) >= 11 is 5.97. The van der Waals surface area contributed by atoms with E-state index in [2.05, 4.69) is 23.5 Å². The van der Waals surface area contributed by atoms with Crippen molar-refractivity contribution in [2.24, 2.45) is 23.7 Å². The summed E-state index contributed by atoms with van der Waals surface area (Å²) in [6.07, 6.45) is 7.31. The van der Waals surface area contributed by atoms with Gasteiger partial charge in [0.15, 0.2) is 11.5 Å². The van der Waals surface area contributed by atoms with Crippen LogP contribution in [0.3, 0.4) is 0 Å². The van der Waals surface area contributed by atoms with Gasteiger partial charge in [-0.3, -0.25) is 0 Å². The molecule has 4 aliphatic rings. The maximum atomic E-state index is 6.05. The van der Waals surface area contributed by atoms with E-state index in [1.165, 1.54) is 37.7 Å². The standard InChI is InChI=1S/C26H32ClNO2/c1-2-29-25-14-18(5-8-24(25)30-16-17-3-6-23(27)7-4-17)15-28-26-21-10-19-9-20(12-21)13-22(26)11-19/h3-8,14,19-22,26,28H,2,9-13,15-16H2,1H3. The van der Waals surface area contributed by atoms with Crippen LogP contribution in [0.5, 0.6) is 11.5 Å². The first-order chi connectivity index (χ1) is 14.7. The summed E-state index contributed by atoms with van der Waals surface area (Å²) in [5, 5.41) is 4.66. The predicted octanol–water partition coefficient (Wildman–Crippen LogP) is 6.23. The summed E-state index contributed by atoms with van der Waals surface area (Å²) in [5.41, 5.74) is 2.36. The van der Waals surface area contributed by atoms with Gasteiger partial charge in [-0.05, 0) is 98.1 Å². The van der Waals surface area contributed by atoms with Gasteiger partial charge in [0.1, 0.15) is 6.61 Å². The number of halogens is 1. The van der Waals surface area contributed by atoms with Crippen LogP contribution in [0.15, 0.2) is 42.5 Å². The third kappa shape index (κ3) is 4.33. The van der Waals surface area contributed by atoms with Crippen LogP contribution in [0.25, 0.3) is 0 Å². The molecule has 0 unspecified atom stereocenters. The third-order valence-electron chi connectivity index (χ3n) is 7.38. The summed E-state index contributed by atoms with van der Waals surface area (Å²) < 4.78 is 12.0. The zero-order valence-electron chi connectivity index (χ0n) is 17.8. The first kappa shape index (κ1) is 20.2. The molecule has 0 amide bonds. The Hall–Kier alpha value is -1.71. The van der Waals surface area contributed by atoms with E-state index in [0.29, 0.717) is 19.3 Å². The van der Waals surface area contributed by atoms with Crippen molar-refractivity contribution in [3.8, 4) is 11.5 Å². The number of hydrogen-bond acceptors (Lipinski definition) is 3. The lowest BCUT2D eigenvalue weighted by atomic mass is 9.54. The van der Waals surface area contributed by atoms with E-state index in [4.69, 9.17) is 21.1 Å². The van der Waals surface area contributed by atoms with Gasteiger partial charge in [0.2, 0.25) is 0 Å². The largest absolute Gasteiger partial charge is 0.490 e. The fraction of sp³-hybridized carbons (Fsp3) is 0.538. The van der Waals surface area contributed by atoms with Crippen molar-refractivity contribution in [3.05, 3.63) is 58.6 Å². The Labute approximate surface area is 185 Å². The van der Waals surface area contributed by atoms with Gasteiger partial charge in [0.25, 0.3) is 0 Å². The lowest BCUT2D eigenvalue weighted by Gasteiger charge is -2.54. The molecular weight excluding hydrogens is 394 g/mol. The van der Waals surface area contributed by atoms with E-state index < -0.39 is 0 Å². The van der Waals surface area contributed by atoms with Gasteiger partial charge in [0, 0.05) is 17.6 Å². The minimum Gasteiger partial charge on any atom is -0.490 e. The van der Waals surface area contributed by atoms with Gasteiger partial charge in [-0.2, -0.15) is 0 Å². The molecule has 6 rings (SSSR count). The number of rotatable bonds is 8. The van der Waals surface area contributed by atoms with E-state index in [-0.39, 0.29) is 0 Å². The second-order valence-corrected chi connectivity index (χ2v) is 9.90. The van der Waals surface area contributed by atoms with Gasteiger partial charge < -0.3 is 14.8 Å². The highest BCUT2D eigenvalue weighted by atomic mass is 35.5. The topological polar surface area (TPSA) is 30.5 Å². The molecule has 0 atom stereocenters. The van der Waals surface area contributed by atoms with E-state index >= 15 is 0 Å². The zero-order chi connectivity index (χ0) is 20.5. The first-order valence-corrected chi connectivity index (χ1v) is 11.9. The van der Waals surface area contributed by atoms with E-state index in [9.17, 15) is 0 Å². The Kier molecular flexibility index (Phi) is 5.93. The summed E-state index contributed by atoms with van der Waals surface area (Å²) in [5.74, 6) is 5.46. The van der Waals surface area contributed by atoms with Gasteiger partial charge in [-0.25, -0.2) is 0 Å². The Morgan fingerprint density at radius 1 is 0.833 bits per heavy atom. The van der Waals surface area contributed by atoms with Gasteiger partial charge in [-0.1, -0.05) is 29.8 Å². The maximum absolute atomic E-state index is 6.05. The van der Waals surface area contributed by atoms with Crippen molar-refractivity contribution in [1.82, 2.24) is 5.32 Å². The molecule has 4 bridgehead atoms. The van der Waals surface area contributed by atoms with Crippen molar-refractivity contribution in [2.75, 3.05) is 6.61 Å². The Morgan fingerprint density at radius 3 is 2.17 bits per heavy atom. The summed E-state index contributed by atoms with van der Waals surface area (Å²) in [6, 6.07) is 14.8. The molecule has 4 saturated carbocycles. The Balaban J connectivity index is 1.22. The smallest absolute Gasteiger partial charge is 0.161 e. The minimum atomic E-state index is 0.503. The van der Waals surface area contributed by atoms with Crippen LogP contribution in [0.4, 0.5) is 0 Å². The first-order valence-electron chi connectivity index (χ1n) is 11.5. The SMILES string of the molecule is CCOc1cc(CNC2C3CC4CC(C3)CC2C4)ccc1OCc1ccc(Cl)cc1. The normalized spacial score (nSPS) is 29.2. The molecular formula is C26H32ClNO2. The molecule has 160 valence electrons.